The van der Waals surface area contributed by atoms with Gasteiger partial charge in [0.2, 0.25) is 0 Å². The molecule has 2 heterocycles. The summed E-state index contributed by atoms with van der Waals surface area (Å²) < 4.78 is 39.8. The molecule has 47 heavy (non-hydrogen) atoms. The van der Waals surface area contributed by atoms with Crippen molar-refractivity contribution >= 4 is 17.7 Å². The third-order valence-corrected chi connectivity index (χ3v) is 8.83. The first kappa shape index (κ1) is 36.1. The minimum absolute atomic E-state index is 0.000681. The predicted octanol–water partition coefficient (Wildman–Crippen LogP) is 8.60. The van der Waals surface area contributed by atoms with Crippen LogP contribution in [0.2, 0.25) is 0 Å². The van der Waals surface area contributed by atoms with Crippen LogP contribution in [0.1, 0.15) is 90.9 Å². The molecule has 3 unspecified atom stereocenters. The minimum atomic E-state index is -2.60. The van der Waals surface area contributed by atoms with E-state index in [2.05, 4.69) is 43.2 Å². The Morgan fingerprint density at radius 1 is 1.26 bits per heavy atom. The van der Waals surface area contributed by atoms with Crippen LogP contribution in [0.15, 0.2) is 78.5 Å². The van der Waals surface area contributed by atoms with E-state index in [0.29, 0.717) is 38.0 Å². The zero-order valence-electron chi connectivity index (χ0n) is 28.7. The number of nitrogens with zero attached hydrogens (tertiary/aromatic N) is 1. The molecule has 0 bridgehead atoms. The van der Waals surface area contributed by atoms with Crippen molar-refractivity contribution in [3.05, 3.63) is 89.6 Å². The van der Waals surface area contributed by atoms with Crippen LogP contribution < -0.4 is 10.6 Å². The fraction of sp³-hybridized carbons (Fsp3) is 0.526. The van der Waals surface area contributed by atoms with E-state index in [4.69, 9.17) is 9.47 Å². The van der Waals surface area contributed by atoms with Gasteiger partial charge in [0.05, 0.1) is 18.2 Å². The fourth-order valence-electron chi connectivity index (χ4n) is 6.39. The zero-order chi connectivity index (χ0) is 34.4. The summed E-state index contributed by atoms with van der Waals surface area (Å²) in [7, 11) is 0. The molecule has 3 aliphatic rings. The van der Waals surface area contributed by atoms with E-state index >= 15 is 0 Å². The Labute approximate surface area is 278 Å². The maximum atomic E-state index is 13.9. The van der Waals surface area contributed by atoms with Gasteiger partial charge >= 0.3 is 6.09 Å². The van der Waals surface area contributed by atoms with Crippen molar-refractivity contribution in [3.63, 3.8) is 0 Å². The highest BCUT2D eigenvalue weighted by Gasteiger charge is 2.43. The first-order valence-corrected chi connectivity index (χ1v) is 16.7. The summed E-state index contributed by atoms with van der Waals surface area (Å²) in [5.74, 6) is -0.0881. The Hall–Kier alpha value is -3.72. The summed E-state index contributed by atoms with van der Waals surface area (Å²) in [4.78, 5) is 27.9. The summed E-state index contributed by atoms with van der Waals surface area (Å²) in [6, 6.07) is 4.66. The van der Waals surface area contributed by atoms with Crippen molar-refractivity contribution in [2.45, 2.75) is 97.5 Å². The van der Waals surface area contributed by atoms with Crippen molar-refractivity contribution in [1.29, 1.82) is 0 Å². The summed E-state index contributed by atoms with van der Waals surface area (Å²) in [6.07, 6.45) is 12.6. The Balaban J connectivity index is 1.56. The molecule has 256 valence electrons. The Bertz CT molecular complexity index is 1420. The number of halogens is 2. The summed E-state index contributed by atoms with van der Waals surface area (Å²) in [5, 5.41) is 6.38. The molecule has 2 aliphatic heterocycles. The number of alkyl carbamates (subject to hydrolysis) is 1. The van der Waals surface area contributed by atoms with E-state index < -0.39 is 24.2 Å². The van der Waals surface area contributed by atoms with E-state index in [1.165, 1.54) is 6.07 Å². The lowest BCUT2D eigenvalue weighted by molar-refractivity contribution is -0.134. The molecule has 4 rings (SSSR count). The van der Waals surface area contributed by atoms with E-state index in [1.54, 1.807) is 23.1 Å². The van der Waals surface area contributed by atoms with E-state index in [9.17, 15) is 18.4 Å². The van der Waals surface area contributed by atoms with Crippen molar-refractivity contribution in [2.75, 3.05) is 25.0 Å². The number of benzene rings is 1. The zero-order valence-corrected chi connectivity index (χ0v) is 28.7. The number of amides is 2. The molecule has 1 saturated heterocycles. The first-order chi connectivity index (χ1) is 22.2. The number of hydrogen-bond donors (Lipinski definition) is 2. The van der Waals surface area contributed by atoms with Crippen LogP contribution in [0.3, 0.4) is 0 Å². The molecule has 1 fully saturated rings. The first-order valence-electron chi connectivity index (χ1n) is 16.7. The topological polar surface area (TPSA) is 79.9 Å². The second kappa shape index (κ2) is 15.5. The largest absolute Gasteiger partial charge is 0.444 e. The molecule has 1 aromatic carbocycles. The molecular formula is C38H51F2N3O4. The van der Waals surface area contributed by atoms with Crippen LogP contribution >= 0.6 is 0 Å². The van der Waals surface area contributed by atoms with Gasteiger partial charge in [0, 0.05) is 47.9 Å². The number of nitrogens with one attached hydrogen (secondary N) is 2. The van der Waals surface area contributed by atoms with E-state index in [-0.39, 0.29) is 34.9 Å². The number of ether oxygens (including phenoxy) is 2. The van der Waals surface area contributed by atoms with E-state index in [1.807, 2.05) is 52.0 Å². The maximum absolute atomic E-state index is 13.9. The van der Waals surface area contributed by atoms with Gasteiger partial charge in [-0.15, -0.1) is 0 Å². The molecule has 0 saturated carbocycles. The SMILES string of the molecule is C=C/C=C\C(=C/C)[C@@H]1Nc2ccc(C(F)F)cc2C2OC(CN(CCCNC(=O)OC(C)(C)C)C(=O)C3=CCC(C)(C)C=C3)CCC21. The monoisotopic (exact) mass is 651 g/mol. The second-order valence-electron chi connectivity index (χ2n) is 14.3. The van der Waals surface area contributed by atoms with Gasteiger partial charge in [-0.3, -0.25) is 4.79 Å². The number of rotatable bonds is 11. The van der Waals surface area contributed by atoms with Gasteiger partial charge in [0.1, 0.15) is 5.60 Å². The number of anilines is 1. The fourth-order valence-corrected chi connectivity index (χ4v) is 6.39. The lowest BCUT2D eigenvalue weighted by Crippen LogP contribution is -2.48. The third-order valence-electron chi connectivity index (χ3n) is 8.83. The highest BCUT2D eigenvalue weighted by atomic mass is 19.3. The van der Waals surface area contributed by atoms with Gasteiger partial charge in [0.25, 0.3) is 12.3 Å². The molecule has 1 aliphatic carbocycles. The van der Waals surface area contributed by atoms with Gasteiger partial charge in [-0.2, -0.15) is 0 Å². The highest BCUT2D eigenvalue weighted by molar-refractivity contribution is 5.96. The van der Waals surface area contributed by atoms with Gasteiger partial charge in [-0.25, -0.2) is 13.6 Å². The average molecular weight is 652 g/mol. The predicted molar refractivity (Wildman–Crippen MR) is 183 cm³/mol. The molecule has 2 amide bonds. The van der Waals surface area contributed by atoms with Crippen LogP contribution in [0.25, 0.3) is 0 Å². The number of hydrogen-bond acceptors (Lipinski definition) is 5. The normalized spacial score (nSPS) is 23.8. The standard InChI is InChI=1S/C38H51F2N3O4/c1-8-10-12-25(9-2)32-29-15-14-28(46-33(29)30-23-27(34(39)40)13-16-31(30)42-32)24-43(22-11-21-41-36(45)47-37(3,4)5)35(44)26-17-19-38(6,7)20-18-26/h8-10,12-13,16-19,23,28-29,32-34,42H,1,11,14-15,20-22,24H2,2-7H3,(H,41,45)/b12-10-,25-9+/t28?,29?,32-,33?/m0/s1. The van der Waals surface area contributed by atoms with Crippen molar-refractivity contribution in [2.24, 2.45) is 11.3 Å². The summed E-state index contributed by atoms with van der Waals surface area (Å²) in [6.45, 7) is 16.6. The molecule has 9 heteroatoms. The molecule has 7 nitrogen and oxygen atoms in total. The molecule has 0 spiro atoms. The van der Waals surface area contributed by atoms with Gasteiger partial charge in [-0.05, 0) is 76.5 Å². The number of fused-ring (bicyclic) bond motifs is 3. The Morgan fingerprint density at radius 3 is 2.66 bits per heavy atom. The number of carbonyl (C=O) groups is 2. The number of allylic oxidation sites excluding steroid dienone is 5. The molecule has 2 N–H and O–H groups in total. The molecule has 0 aromatic heterocycles. The van der Waals surface area contributed by atoms with Crippen LogP contribution in [0.4, 0.5) is 19.3 Å². The Kier molecular flexibility index (Phi) is 11.9. The average Bonchev–Trinajstić information content (AvgIpc) is 3.01. The second-order valence-corrected chi connectivity index (χ2v) is 14.3. The maximum Gasteiger partial charge on any atom is 0.407 e. The van der Waals surface area contributed by atoms with Crippen molar-refractivity contribution in [1.82, 2.24) is 10.2 Å². The van der Waals surface area contributed by atoms with Crippen LogP contribution in [0, 0.1) is 11.3 Å². The quantitative estimate of drug-likeness (QED) is 0.185. The van der Waals surface area contributed by atoms with Crippen LogP contribution in [-0.2, 0) is 14.3 Å². The Morgan fingerprint density at radius 2 is 2.02 bits per heavy atom. The number of alkyl halides is 2. The highest BCUT2D eigenvalue weighted by Crippen LogP contribution is 2.48. The van der Waals surface area contributed by atoms with Crippen molar-refractivity contribution in [3.8, 4) is 0 Å². The van der Waals surface area contributed by atoms with Gasteiger partial charge < -0.3 is 25.0 Å². The lowest BCUT2D eigenvalue weighted by Gasteiger charge is -2.46. The van der Waals surface area contributed by atoms with Crippen molar-refractivity contribution < 1.29 is 27.8 Å². The summed E-state index contributed by atoms with van der Waals surface area (Å²) in [5.41, 5.74) is 2.53. The van der Waals surface area contributed by atoms with Crippen LogP contribution in [0.5, 0.6) is 0 Å². The lowest BCUT2D eigenvalue weighted by atomic mass is 9.76. The third kappa shape index (κ3) is 9.66. The summed E-state index contributed by atoms with van der Waals surface area (Å²) >= 11 is 0. The van der Waals surface area contributed by atoms with E-state index in [0.717, 1.165) is 29.7 Å². The molecular weight excluding hydrogens is 600 g/mol. The van der Waals surface area contributed by atoms with Gasteiger partial charge in [-0.1, -0.05) is 69.0 Å². The number of carbonyl (C=O) groups excluding carboxylic acids is 2. The van der Waals surface area contributed by atoms with Crippen LogP contribution in [-0.4, -0.2) is 54.3 Å². The molecule has 4 atom stereocenters. The minimum Gasteiger partial charge on any atom is -0.444 e. The molecule has 0 radical (unpaired) electrons. The van der Waals surface area contributed by atoms with Gasteiger partial charge in [0.15, 0.2) is 0 Å². The molecule has 1 aromatic rings. The smallest absolute Gasteiger partial charge is 0.407 e.